The molecule has 2 N–H and O–H groups in total. The van der Waals surface area contributed by atoms with Gasteiger partial charge in [0, 0.05) is 12.3 Å². The predicted molar refractivity (Wildman–Crippen MR) is 72.6 cm³/mol. The van der Waals surface area contributed by atoms with Gasteiger partial charge in [-0.25, -0.2) is 0 Å². The van der Waals surface area contributed by atoms with Crippen LogP contribution in [0.1, 0.15) is 38.0 Å². The third-order valence-corrected chi connectivity index (χ3v) is 2.82. The molecule has 5 heteroatoms. The number of aromatic nitrogens is 2. The predicted octanol–water partition coefficient (Wildman–Crippen LogP) is 2.51. The molecule has 1 aromatic heterocycles. The molecule has 0 fully saturated rings. The van der Waals surface area contributed by atoms with Gasteiger partial charge < -0.3 is 15.0 Å². The Labute approximate surface area is 112 Å². The van der Waals surface area contributed by atoms with Gasteiger partial charge in [-0.05, 0) is 38.5 Å². The molecule has 0 amide bonds. The molecule has 0 bridgehead atoms. The van der Waals surface area contributed by atoms with Crippen LogP contribution in [0.25, 0.3) is 0 Å². The Hall–Kier alpha value is -1.88. The van der Waals surface area contributed by atoms with Crippen LogP contribution in [0, 0.1) is 0 Å². The van der Waals surface area contributed by atoms with Crippen molar-refractivity contribution in [2.75, 3.05) is 12.3 Å². The highest BCUT2D eigenvalue weighted by molar-refractivity contribution is 5.41. The van der Waals surface area contributed by atoms with Crippen molar-refractivity contribution in [2.45, 2.75) is 32.8 Å². The Kier molecular flexibility index (Phi) is 3.85. The first kappa shape index (κ1) is 13.5. The summed E-state index contributed by atoms with van der Waals surface area (Å²) < 4.78 is 10.9. The molecule has 5 nitrogen and oxygen atoms in total. The fourth-order valence-electron chi connectivity index (χ4n) is 1.87. The summed E-state index contributed by atoms with van der Waals surface area (Å²) in [6.45, 7) is 6.39. The molecule has 0 saturated carbocycles. The molecule has 1 aromatic carbocycles. The molecule has 0 atom stereocenters. The van der Waals surface area contributed by atoms with Crippen molar-refractivity contribution in [1.29, 1.82) is 0 Å². The maximum absolute atomic E-state index is 5.74. The van der Waals surface area contributed by atoms with Crippen LogP contribution in [0.5, 0.6) is 0 Å². The molecular formula is C14H19N3O2. The van der Waals surface area contributed by atoms with Gasteiger partial charge in [0.1, 0.15) is 5.60 Å². The third kappa shape index (κ3) is 3.32. The van der Waals surface area contributed by atoms with E-state index in [-0.39, 0.29) is 0 Å². The van der Waals surface area contributed by atoms with Crippen LogP contribution in [-0.4, -0.2) is 16.7 Å². The number of hydrogen-bond donors (Lipinski definition) is 1. The average Bonchev–Trinajstić information content (AvgIpc) is 2.78. The summed E-state index contributed by atoms with van der Waals surface area (Å²) in [4.78, 5) is 4.38. The summed E-state index contributed by atoms with van der Waals surface area (Å²) >= 11 is 0. The second-order valence-electron chi connectivity index (χ2n) is 4.88. The van der Waals surface area contributed by atoms with Crippen LogP contribution in [0.3, 0.4) is 0 Å². The summed E-state index contributed by atoms with van der Waals surface area (Å²) in [6, 6.07) is 7.64. The highest BCUT2D eigenvalue weighted by Gasteiger charge is 2.27. The van der Waals surface area contributed by atoms with E-state index in [1.54, 1.807) is 0 Å². The van der Waals surface area contributed by atoms with E-state index in [0.717, 1.165) is 11.3 Å². The molecule has 0 radical (unpaired) electrons. The van der Waals surface area contributed by atoms with Gasteiger partial charge >= 0.3 is 0 Å². The highest BCUT2D eigenvalue weighted by Crippen LogP contribution is 2.22. The molecule has 19 heavy (non-hydrogen) atoms. The summed E-state index contributed by atoms with van der Waals surface area (Å²) in [6.07, 6.45) is 0.570. The number of rotatable bonds is 5. The zero-order valence-corrected chi connectivity index (χ0v) is 11.5. The lowest BCUT2D eigenvalue weighted by Gasteiger charge is -2.19. The maximum Gasteiger partial charge on any atom is 0.231 e. The number of nitrogens with two attached hydrogens (primary N) is 1. The van der Waals surface area contributed by atoms with Crippen LogP contribution in [0.2, 0.25) is 0 Å². The Morgan fingerprint density at radius 3 is 2.84 bits per heavy atom. The lowest BCUT2D eigenvalue weighted by Crippen LogP contribution is -2.23. The summed E-state index contributed by atoms with van der Waals surface area (Å²) in [7, 11) is 0. The number of hydrogen-bond acceptors (Lipinski definition) is 5. The molecule has 0 spiro atoms. The lowest BCUT2D eigenvalue weighted by molar-refractivity contribution is -0.0221. The summed E-state index contributed by atoms with van der Waals surface area (Å²) in [5.41, 5.74) is 6.98. The van der Waals surface area contributed by atoms with Gasteiger partial charge in [-0.1, -0.05) is 17.3 Å². The van der Waals surface area contributed by atoms with Gasteiger partial charge in [0.05, 0.1) is 6.42 Å². The first-order valence-corrected chi connectivity index (χ1v) is 6.32. The van der Waals surface area contributed by atoms with Crippen molar-refractivity contribution in [3.05, 3.63) is 41.5 Å². The van der Waals surface area contributed by atoms with Gasteiger partial charge in [-0.3, -0.25) is 0 Å². The molecule has 2 rings (SSSR count). The fraction of sp³-hybridized carbons (Fsp3) is 0.429. The molecule has 0 unspecified atom stereocenters. The van der Waals surface area contributed by atoms with E-state index >= 15 is 0 Å². The Morgan fingerprint density at radius 2 is 2.16 bits per heavy atom. The number of nitrogen functional groups attached to an aromatic ring is 1. The van der Waals surface area contributed by atoms with Crippen LogP contribution in [0.15, 0.2) is 28.8 Å². The lowest BCUT2D eigenvalue weighted by atomic mass is 10.1. The number of benzene rings is 1. The highest BCUT2D eigenvalue weighted by atomic mass is 16.5. The van der Waals surface area contributed by atoms with Crippen LogP contribution < -0.4 is 5.73 Å². The Balaban J connectivity index is 2.13. The molecule has 0 aliphatic heterocycles. The first-order valence-electron chi connectivity index (χ1n) is 6.32. The van der Waals surface area contributed by atoms with Crippen molar-refractivity contribution in [3.8, 4) is 0 Å². The van der Waals surface area contributed by atoms with Crippen molar-refractivity contribution in [1.82, 2.24) is 10.1 Å². The second-order valence-corrected chi connectivity index (χ2v) is 4.88. The smallest absolute Gasteiger partial charge is 0.231 e. The van der Waals surface area contributed by atoms with Crippen molar-refractivity contribution in [3.63, 3.8) is 0 Å². The van der Waals surface area contributed by atoms with Gasteiger partial charge in [0.2, 0.25) is 11.7 Å². The minimum Gasteiger partial charge on any atom is -0.399 e. The largest absolute Gasteiger partial charge is 0.399 e. The molecule has 0 aliphatic rings. The minimum atomic E-state index is -0.536. The molecule has 1 heterocycles. The number of anilines is 1. The topological polar surface area (TPSA) is 74.2 Å². The summed E-state index contributed by atoms with van der Waals surface area (Å²) in [5, 5.41) is 3.98. The maximum atomic E-state index is 5.74. The third-order valence-electron chi connectivity index (χ3n) is 2.82. The minimum absolute atomic E-state index is 0.536. The number of ether oxygens (including phenoxy) is 1. The van der Waals surface area contributed by atoms with E-state index < -0.39 is 5.60 Å². The number of nitrogens with zero attached hydrogens (tertiary/aromatic N) is 2. The van der Waals surface area contributed by atoms with Crippen molar-refractivity contribution in [2.24, 2.45) is 0 Å². The molecule has 102 valence electrons. The SMILES string of the molecule is CCOC(C)(C)c1noc(Cc2cccc(N)c2)n1. The molecule has 0 aliphatic carbocycles. The summed E-state index contributed by atoms with van der Waals surface area (Å²) in [5.74, 6) is 1.13. The van der Waals surface area contributed by atoms with Gasteiger partial charge in [0.25, 0.3) is 0 Å². The molecule has 2 aromatic rings. The normalized spacial score (nSPS) is 11.7. The monoisotopic (exact) mass is 261 g/mol. The van der Waals surface area contributed by atoms with E-state index in [0.29, 0.717) is 24.7 Å². The van der Waals surface area contributed by atoms with E-state index in [4.69, 9.17) is 15.0 Å². The van der Waals surface area contributed by atoms with Gasteiger partial charge in [0.15, 0.2) is 0 Å². The standard InChI is InChI=1S/C14H19N3O2/c1-4-18-14(2,3)13-16-12(19-17-13)9-10-6-5-7-11(15)8-10/h5-8H,4,9,15H2,1-3H3. The molecular weight excluding hydrogens is 242 g/mol. The van der Waals surface area contributed by atoms with Crippen LogP contribution >= 0.6 is 0 Å². The average molecular weight is 261 g/mol. The van der Waals surface area contributed by atoms with Crippen LogP contribution in [0.4, 0.5) is 5.69 Å². The Morgan fingerprint density at radius 1 is 1.37 bits per heavy atom. The van der Waals surface area contributed by atoms with Crippen molar-refractivity contribution < 1.29 is 9.26 Å². The second kappa shape index (κ2) is 5.40. The van der Waals surface area contributed by atoms with Gasteiger partial charge in [-0.15, -0.1) is 0 Å². The Bertz CT molecular complexity index is 549. The van der Waals surface area contributed by atoms with Crippen molar-refractivity contribution >= 4 is 5.69 Å². The first-order chi connectivity index (χ1) is 9.01. The van der Waals surface area contributed by atoms with E-state index in [1.807, 2.05) is 45.0 Å². The van der Waals surface area contributed by atoms with E-state index in [9.17, 15) is 0 Å². The molecule has 0 saturated heterocycles. The fourth-order valence-corrected chi connectivity index (χ4v) is 1.87. The zero-order chi connectivity index (χ0) is 13.9. The van der Waals surface area contributed by atoms with E-state index in [1.165, 1.54) is 0 Å². The zero-order valence-electron chi connectivity index (χ0n) is 11.5. The van der Waals surface area contributed by atoms with Crippen LogP contribution in [-0.2, 0) is 16.8 Å². The quantitative estimate of drug-likeness (QED) is 0.837. The van der Waals surface area contributed by atoms with E-state index in [2.05, 4.69) is 10.1 Å². The van der Waals surface area contributed by atoms with Gasteiger partial charge in [-0.2, -0.15) is 4.98 Å².